The molecule has 3 nitrogen and oxygen atoms in total. The van der Waals surface area contributed by atoms with Crippen LogP contribution < -0.4 is 0 Å². The predicted octanol–water partition coefficient (Wildman–Crippen LogP) is 2.02. The van der Waals surface area contributed by atoms with Crippen molar-refractivity contribution < 1.29 is 4.79 Å². The van der Waals surface area contributed by atoms with Crippen molar-refractivity contribution >= 4 is 5.78 Å². The van der Waals surface area contributed by atoms with E-state index in [9.17, 15) is 4.79 Å². The molecular weight excluding hydrogens is 176 g/mol. The van der Waals surface area contributed by atoms with Crippen molar-refractivity contribution in [1.82, 2.24) is 10.2 Å². The Morgan fingerprint density at radius 3 is 2.79 bits per heavy atom. The Morgan fingerprint density at radius 2 is 2.29 bits per heavy atom. The molecule has 1 atom stereocenters. The molecule has 0 saturated heterocycles. The fourth-order valence-electron chi connectivity index (χ4n) is 1.52. The Bertz CT molecular complexity index is 285. The Labute approximate surface area is 84.6 Å². The van der Waals surface area contributed by atoms with Crippen LogP contribution in [0.3, 0.4) is 0 Å². The van der Waals surface area contributed by atoms with Gasteiger partial charge in [-0.2, -0.15) is 10.2 Å². The minimum Gasteiger partial charge on any atom is -0.300 e. The second kappa shape index (κ2) is 5.47. The van der Waals surface area contributed by atoms with E-state index in [0.717, 1.165) is 24.8 Å². The molecule has 0 spiro atoms. The van der Waals surface area contributed by atoms with Gasteiger partial charge in [-0.1, -0.05) is 13.3 Å². The summed E-state index contributed by atoms with van der Waals surface area (Å²) >= 11 is 0. The first kappa shape index (κ1) is 10.8. The molecule has 0 radical (unpaired) electrons. The van der Waals surface area contributed by atoms with E-state index in [1.165, 1.54) is 0 Å². The Kier molecular flexibility index (Phi) is 4.23. The normalized spacial score (nSPS) is 12.4. The average molecular weight is 192 g/mol. The molecule has 1 unspecified atom stereocenters. The fourth-order valence-corrected chi connectivity index (χ4v) is 1.52. The zero-order chi connectivity index (χ0) is 10.4. The van der Waals surface area contributed by atoms with E-state index < -0.39 is 0 Å². The van der Waals surface area contributed by atoms with Crippen molar-refractivity contribution in [1.29, 1.82) is 0 Å². The maximum absolute atomic E-state index is 11.3. The average Bonchev–Trinajstić information content (AvgIpc) is 2.18. The van der Waals surface area contributed by atoms with E-state index in [1.807, 2.05) is 6.07 Å². The monoisotopic (exact) mass is 192 g/mol. The van der Waals surface area contributed by atoms with Crippen molar-refractivity contribution in [3.8, 4) is 0 Å². The highest BCUT2D eigenvalue weighted by molar-refractivity contribution is 5.78. The van der Waals surface area contributed by atoms with Gasteiger partial charge in [0.25, 0.3) is 0 Å². The molecule has 0 aromatic carbocycles. The van der Waals surface area contributed by atoms with Crippen LogP contribution in [-0.2, 0) is 11.2 Å². The molecule has 0 bridgehead atoms. The minimum absolute atomic E-state index is 0.143. The molecule has 3 heteroatoms. The SMILES string of the molecule is CCCC(Cc1ccnnc1)C(C)=O. The van der Waals surface area contributed by atoms with Gasteiger partial charge in [-0.25, -0.2) is 0 Å². The van der Waals surface area contributed by atoms with Crippen LogP contribution in [-0.4, -0.2) is 16.0 Å². The fraction of sp³-hybridized carbons (Fsp3) is 0.545. The van der Waals surface area contributed by atoms with Crippen LogP contribution in [0.4, 0.5) is 0 Å². The van der Waals surface area contributed by atoms with Gasteiger partial charge in [0, 0.05) is 12.1 Å². The maximum atomic E-state index is 11.3. The number of ketones is 1. The van der Waals surface area contributed by atoms with E-state index in [4.69, 9.17) is 0 Å². The first-order valence-electron chi connectivity index (χ1n) is 5.00. The summed E-state index contributed by atoms with van der Waals surface area (Å²) in [5.41, 5.74) is 1.09. The van der Waals surface area contributed by atoms with Gasteiger partial charge in [-0.15, -0.1) is 0 Å². The minimum atomic E-state index is 0.143. The van der Waals surface area contributed by atoms with Crippen LogP contribution in [0.25, 0.3) is 0 Å². The lowest BCUT2D eigenvalue weighted by Gasteiger charge is -2.11. The highest BCUT2D eigenvalue weighted by Gasteiger charge is 2.13. The number of nitrogens with zero attached hydrogens (tertiary/aromatic N) is 2. The van der Waals surface area contributed by atoms with Gasteiger partial charge in [-0.3, -0.25) is 4.79 Å². The number of hydrogen-bond donors (Lipinski definition) is 0. The third kappa shape index (κ3) is 3.24. The second-order valence-corrected chi connectivity index (χ2v) is 3.55. The van der Waals surface area contributed by atoms with Crippen molar-refractivity contribution in [2.45, 2.75) is 33.1 Å². The third-order valence-corrected chi connectivity index (χ3v) is 2.34. The summed E-state index contributed by atoms with van der Waals surface area (Å²) in [6, 6.07) is 1.92. The maximum Gasteiger partial charge on any atom is 0.133 e. The number of aromatic nitrogens is 2. The molecule has 14 heavy (non-hydrogen) atoms. The van der Waals surface area contributed by atoms with Crippen molar-refractivity contribution in [3.05, 3.63) is 24.0 Å². The smallest absolute Gasteiger partial charge is 0.133 e. The standard InChI is InChI=1S/C11H16N2O/c1-3-4-11(9(2)14)7-10-5-6-12-13-8-10/h5-6,8,11H,3-4,7H2,1-2H3. The van der Waals surface area contributed by atoms with Crippen molar-refractivity contribution in [3.63, 3.8) is 0 Å². The third-order valence-electron chi connectivity index (χ3n) is 2.34. The highest BCUT2D eigenvalue weighted by Crippen LogP contribution is 2.13. The van der Waals surface area contributed by atoms with Gasteiger partial charge in [0.15, 0.2) is 0 Å². The lowest BCUT2D eigenvalue weighted by atomic mass is 9.93. The van der Waals surface area contributed by atoms with Crippen LogP contribution in [0, 0.1) is 5.92 Å². The van der Waals surface area contributed by atoms with E-state index >= 15 is 0 Å². The van der Waals surface area contributed by atoms with Crippen molar-refractivity contribution in [2.24, 2.45) is 5.92 Å². The van der Waals surface area contributed by atoms with Gasteiger partial charge >= 0.3 is 0 Å². The number of rotatable bonds is 5. The zero-order valence-corrected chi connectivity index (χ0v) is 8.73. The first-order chi connectivity index (χ1) is 6.74. The Balaban J connectivity index is 2.60. The van der Waals surface area contributed by atoms with Gasteiger partial charge in [-0.05, 0) is 31.4 Å². The number of carbonyl (C=O) groups is 1. The zero-order valence-electron chi connectivity index (χ0n) is 8.73. The summed E-state index contributed by atoms with van der Waals surface area (Å²) in [6.45, 7) is 3.76. The summed E-state index contributed by atoms with van der Waals surface area (Å²) in [7, 11) is 0. The van der Waals surface area contributed by atoms with E-state index in [-0.39, 0.29) is 11.7 Å². The van der Waals surface area contributed by atoms with E-state index in [2.05, 4.69) is 17.1 Å². The molecule has 1 aromatic heterocycles. The van der Waals surface area contributed by atoms with Gasteiger partial charge < -0.3 is 0 Å². The molecule has 1 aromatic rings. The van der Waals surface area contributed by atoms with E-state index in [1.54, 1.807) is 19.3 Å². The number of hydrogen-bond acceptors (Lipinski definition) is 3. The largest absolute Gasteiger partial charge is 0.300 e. The van der Waals surface area contributed by atoms with Crippen molar-refractivity contribution in [2.75, 3.05) is 0 Å². The molecule has 0 aliphatic carbocycles. The number of carbonyl (C=O) groups excluding carboxylic acids is 1. The highest BCUT2D eigenvalue weighted by atomic mass is 16.1. The van der Waals surface area contributed by atoms with Crippen LogP contribution in [0.15, 0.2) is 18.5 Å². The summed E-state index contributed by atoms with van der Waals surface area (Å²) < 4.78 is 0. The molecule has 0 fully saturated rings. The molecule has 76 valence electrons. The Morgan fingerprint density at radius 1 is 1.50 bits per heavy atom. The summed E-state index contributed by atoms with van der Waals surface area (Å²) in [5.74, 6) is 0.410. The summed E-state index contributed by atoms with van der Waals surface area (Å²) in [6.07, 6.45) is 6.18. The van der Waals surface area contributed by atoms with Crippen LogP contribution >= 0.6 is 0 Å². The van der Waals surface area contributed by atoms with Gasteiger partial charge in [0.1, 0.15) is 5.78 Å². The van der Waals surface area contributed by atoms with Gasteiger partial charge in [0.2, 0.25) is 0 Å². The second-order valence-electron chi connectivity index (χ2n) is 3.55. The molecular formula is C11H16N2O. The molecule has 0 aliphatic rings. The molecule has 0 amide bonds. The molecule has 0 saturated carbocycles. The molecule has 0 aliphatic heterocycles. The first-order valence-corrected chi connectivity index (χ1v) is 5.00. The lowest BCUT2D eigenvalue weighted by Crippen LogP contribution is -2.13. The van der Waals surface area contributed by atoms with Crippen LogP contribution in [0.1, 0.15) is 32.3 Å². The van der Waals surface area contributed by atoms with Crippen LogP contribution in [0.5, 0.6) is 0 Å². The summed E-state index contributed by atoms with van der Waals surface area (Å²) in [4.78, 5) is 11.3. The molecule has 1 heterocycles. The number of Topliss-reactive ketones (excluding diaryl/α,β-unsaturated/α-hetero) is 1. The lowest BCUT2D eigenvalue weighted by molar-refractivity contribution is -0.120. The predicted molar refractivity (Wildman–Crippen MR) is 54.8 cm³/mol. The van der Waals surface area contributed by atoms with Crippen LogP contribution in [0.2, 0.25) is 0 Å². The van der Waals surface area contributed by atoms with E-state index in [0.29, 0.717) is 0 Å². The molecule has 0 N–H and O–H groups in total. The summed E-state index contributed by atoms with van der Waals surface area (Å²) in [5, 5.41) is 7.50. The quantitative estimate of drug-likeness (QED) is 0.716. The van der Waals surface area contributed by atoms with Gasteiger partial charge in [0.05, 0.1) is 6.20 Å². The Hall–Kier alpha value is -1.25. The topological polar surface area (TPSA) is 42.9 Å². The molecule has 1 rings (SSSR count).